The molecule has 0 fully saturated rings. The topological polar surface area (TPSA) is 88.6 Å². The minimum atomic E-state index is -0.652. The van der Waals surface area contributed by atoms with Gasteiger partial charge in [-0.15, -0.1) is 0 Å². The molecule has 8 heteroatoms. The monoisotopic (exact) mass is 585 g/mol. The van der Waals surface area contributed by atoms with Gasteiger partial charge in [-0.25, -0.2) is 4.39 Å². The average molecular weight is 586 g/mol. The molecule has 1 aliphatic heterocycles. The second-order valence-electron chi connectivity index (χ2n) is 11.7. The molecule has 1 aliphatic carbocycles. The van der Waals surface area contributed by atoms with Gasteiger partial charge in [0, 0.05) is 23.4 Å². The molecule has 216 valence electrons. The summed E-state index contributed by atoms with van der Waals surface area (Å²) in [5.41, 5.74) is 12.2. The second kappa shape index (κ2) is 11.2. The van der Waals surface area contributed by atoms with Crippen LogP contribution >= 0.6 is 11.6 Å². The van der Waals surface area contributed by atoms with Gasteiger partial charge in [0.2, 0.25) is 0 Å². The molecule has 1 atom stereocenters. The maximum absolute atomic E-state index is 14.1. The number of nitriles is 1. The number of methoxy groups -OCH3 is 1. The van der Waals surface area contributed by atoms with Gasteiger partial charge < -0.3 is 15.2 Å². The van der Waals surface area contributed by atoms with E-state index < -0.39 is 11.7 Å². The Balaban J connectivity index is 1.64. The van der Waals surface area contributed by atoms with E-state index in [0.29, 0.717) is 42.2 Å². The molecule has 2 aliphatic rings. The number of ether oxygens (including phenoxy) is 2. The molecular formula is C34H33ClFN3O3. The normalized spacial score (nSPS) is 18.1. The van der Waals surface area contributed by atoms with Crippen molar-refractivity contribution in [2.45, 2.75) is 53.1 Å². The fourth-order valence-electron chi connectivity index (χ4n) is 5.95. The third kappa shape index (κ3) is 5.35. The Kier molecular flexibility index (Phi) is 7.78. The zero-order valence-electron chi connectivity index (χ0n) is 24.3. The lowest BCUT2D eigenvalue weighted by Gasteiger charge is -2.44. The van der Waals surface area contributed by atoms with E-state index in [9.17, 15) is 14.4 Å². The Morgan fingerprint density at radius 2 is 1.76 bits per heavy atom. The number of carbonyl (C=O) groups excluding carboxylic acids is 1. The van der Waals surface area contributed by atoms with Crippen molar-refractivity contribution in [3.8, 4) is 17.6 Å². The highest BCUT2D eigenvalue weighted by molar-refractivity contribution is 6.31. The highest BCUT2D eigenvalue weighted by Gasteiger charge is 2.45. The largest absolute Gasteiger partial charge is 0.497 e. The van der Waals surface area contributed by atoms with Gasteiger partial charge in [0.25, 0.3) is 0 Å². The summed E-state index contributed by atoms with van der Waals surface area (Å²) in [6, 6.07) is 18.0. The number of rotatable bonds is 6. The van der Waals surface area contributed by atoms with E-state index in [0.717, 1.165) is 28.0 Å². The van der Waals surface area contributed by atoms with Crippen molar-refractivity contribution >= 4 is 23.1 Å². The first-order valence-electron chi connectivity index (χ1n) is 13.7. The molecule has 6 nitrogen and oxygen atoms in total. The first-order valence-corrected chi connectivity index (χ1v) is 14.1. The van der Waals surface area contributed by atoms with E-state index in [1.807, 2.05) is 58.0 Å². The number of carbonyl (C=O) groups is 1. The molecular weight excluding hydrogens is 553 g/mol. The van der Waals surface area contributed by atoms with Crippen LogP contribution in [-0.4, -0.2) is 12.9 Å². The van der Waals surface area contributed by atoms with Gasteiger partial charge in [-0.3, -0.25) is 9.69 Å². The van der Waals surface area contributed by atoms with Crippen LogP contribution in [0.15, 0.2) is 77.3 Å². The van der Waals surface area contributed by atoms with Gasteiger partial charge in [0.15, 0.2) is 5.78 Å². The molecule has 3 aromatic rings. The molecule has 0 amide bonds. The lowest BCUT2D eigenvalue weighted by Crippen LogP contribution is -2.42. The number of halogens is 2. The summed E-state index contributed by atoms with van der Waals surface area (Å²) in [5, 5.41) is 10.4. The van der Waals surface area contributed by atoms with Crippen molar-refractivity contribution in [1.29, 1.82) is 5.26 Å². The van der Waals surface area contributed by atoms with E-state index in [1.54, 1.807) is 18.1 Å². The van der Waals surface area contributed by atoms with Crippen molar-refractivity contribution < 1.29 is 18.7 Å². The van der Waals surface area contributed by atoms with Crippen LogP contribution in [0.2, 0.25) is 5.02 Å². The van der Waals surface area contributed by atoms with Gasteiger partial charge >= 0.3 is 0 Å². The average Bonchev–Trinajstić information content (AvgIpc) is 2.93. The summed E-state index contributed by atoms with van der Waals surface area (Å²) in [7, 11) is 1.61. The van der Waals surface area contributed by atoms with Crippen LogP contribution in [0.5, 0.6) is 11.5 Å². The van der Waals surface area contributed by atoms with Crippen LogP contribution in [0, 0.1) is 36.4 Å². The lowest BCUT2D eigenvalue weighted by molar-refractivity contribution is -0.118. The van der Waals surface area contributed by atoms with Crippen molar-refractivity contribution in [1.82, 2.24) is 0 Å². The quantitative estimate of drug-likeness (QED) is 0.320. The smallest absolute Gasteiger partial charge is 0.162 e. The Hall–Kier alpha value is -4.28. The molecule has 1 unspecified atom stereocenters. The fraction of sp³-hybridized carbons (Fsp3) is 0.294. The van der Waals surface area contributed by atoms with Gasteiger partial charge in [0.1, 0.15) is 29.7 Å². The van der Waals surface area contributed by atoms with Gasteiger partial charge in [-0.1, -0.05) is 37.6 Å². The molecule has 0 aromatic heterocycles. The van der Waals surface area contributed by atoms with Crippen molar-refractivity contribution in [2.24, 2.45) is 11.1 Å². The van der Waals surface area contributed by atoms with Crippen LogP contribution < -0.4 is 20.1 Å². The summed E-state index contributed by atoms with van der Waals surface area (Å²) in [4.78, 5) is 15.6. The zero-order chi connectivity index (χ0) is 30.3. The van der Waals surface area contributed by atoms with E-state index in [4.69, 9.17) is 26.8 Å². The number of aryl methyl sites for hydroxylation is 2. The third-order valence-electron chi connectivity index (χ3n) is 8.03. The van der Waals surface area contributed by atoms with E-state index in [-0.39, 0.29) is 27.6 Å². The number of benzene rings is 3. The van der Waals surface area contributed by atoms with Crippen LogP contribution in [0.4, 0.5) is 10.1 Å². The zero-order valence-corrected chi connectivity index (χ0v) is 25.1. The number of hydrogen-bond acceptors (Lipinski definition) is 6. The van der Waals surface area contributed by atoms with Gasteiger partial charge in [0.05, 0.1) is 29.7 Å². The Morgan fingerprint density at radius 1 is 1.07 bits per heavy atom. The number of hydrogen-bond donors (Lipinski definition) is 1. The molecule has 3 aromatic carbocycles. The second-order valence-corrected chi connectivity index (χ2v) is 12.1. The molecule has 0 saturated heterocycles. The molecule has 2 N–H and O–H groups in total. The first-order chi connectivity index (χ1) is 19.9. The maximum atomic E-state index is 14.1. The summed E-state index contributed by atoms with van der Waals surface area (Å²) in [6.45, 7) is 8.35. The predicted octanol–water partition coefficient (Wildman–Crippen LogP) is 7.62. The molecule has 0 saturated carbocycles. The number of nitrogens with two attached hydrogens (primary N) is 1. The van der Waals surface area contributed by atoms with E-state index >= 15 is 0 Å². The lowest BCUT2D eigenvalue weighted by atomic mass is 9.68. The number of anilines is 1. The number of Topliss-reactive ketones (excluding diaryl/α,β-unsaturated/α-hetero) is 1. The number of nitrogens with zero attached hydrogens (tertiary/aromatic N) is 2. The maximum Gasteiger partial charge on any atom is 0.162 e. The summed E-state index contributed by atoms with van der Waals surface area (Å²) < 4.78 is 25.4. The first kappa shape index (κ1) is 29.2. The molecule has 0 spiro atoms. The minimum Gasteiger partial charge on any atom is -0.497 e. The Morgan fingerprint density at radius 3 is 2.40 bits per heavy atom. The number of allylic oxidation sites excluding steroid dienone is 3. The SMILES string of the molecule is COc1ccc(OCc2cc(C3C(C#N)=C(N)N(c4ccc(F)c(Cl)c4)C4=C3C(=O)CC(C)(C)C4)c(C)cc2C)cc1. The van der Waals surface area contributed by atoms with Gasteiger partial charge in [-0.2, -0.15) is 5.26 Å². The standard InChI is InChI=1S/C34H33ClFN3O3/c1-19-12-20(2)25(13-21(19)18-42-24-9-7-23(41-5)8-10-24)31-26(17-37)33(38)39(22-6-11-28(36)27(35)14-22)29-15-34(3,4)16-30(40)32(29)31/h6-14,31H,15-16,18,38H2,1-5H3. The van der Waals surface area contributed by atoms with Crippen LogP contribution in [0.1, 0.15) is 54.9 Å². The highest BCUT2D eigenvalue weighted by Crippen LogP contribution is 2.51. The Bertz CT molecular complexity index is 1690. The fourth-order valence-corrected chi connectivity index (χ4v) is 6.13. The van der Waals surface area contributed by atoms with Crippen molar-refractivity contribution in [3.05, 3.63) is 110 Å². The summed E-state index contributed by atoms with van der Waals surface area (Å²) >= 11 is 6.15. The summed E-state index contributed by atoms with van der Waals surface area (Å²) in [5.74, 6) is 0.378. The minimum absolute atomic E-state index is 0.0410. The van der Waals surface area contributed by atoms with Crippen LogP contribution in [-0.2, 0) is 11.4 Å². The highest BCUT2D eigenvalue weighted by atomic mass is 35.5. The number of ketones is 1. The predicted molar refractivity (Wildman–Crippen MR) is 162 cm³/mol. The van der Waals surface area contributed by atoms with Crippen molar-refractivity contribution in [3.63, 3.8) is 0 Å². The van der Waals surface area contributed by atoms with Crippen LogP contribution in [0.25, 0.3) is 0 Å². The molecule has 1 heterocycles. The molecule has 5 rings (SSSR count). The summed E-state index contributed by atoms with van der Waals surface area (Å²) in [6.07, 6.45) is 0.870. The van der Waals surface area contributed by atoms with Gasteiger partial charge in [-0.05, 0) is 90.4 Å². The van der Waals surface area contributed by atoms with E-state index in [2.05, 4.69) is 12.1 Å². The third-order valence-corrected chi connectivity index (χ3v) is 8.32. The van der Waals surface area contributed by atoms with E-state index in [1.165, 1.54) is 12.1 Å². The molecule has 0 radical (unpaired) electrons. The molecule has 42 heavy (non-hydrogen) atoms. The molecule has 0 bridgehead atoms. The Labute approximate surface area is 250 Å². The van der Waals surface area contributed by atoms with Crippen molar-refractivity contribution in [2.75, 3.05) is 12.0 Å². The van der Waals surface area contributed by atoms with Crippen LogP contribution in [0.3, 0.4) is 0 Å².